The molecule has 4 rings (SSSR count). The van der Waals surface area contributed by atoms with Crippen LogP contribution >= 0.6 is 0 Å². The second kappa shape index (κ2) is 5.82. The highest BCUT2D eigenvalue weighted by Gasteiger charge is 2.47. The van der Waals surface area contributed by atoms with Gasteiger partial charge in [-0.15, -0.1) is 0 Å². The molecule has 3 nitrogen and oxygen atoms in total. The minimum Gasteiger partial charge on any atom is -0.381 e. The predicted molar refractivity (Wildman–Crippen MR) is 85.5 cm³/mol. The predicted octanol–water partition coefficient (Wildman–Crippen LogP) is 2.94. The first kappa shape index (κ1) is 14.5. The molecule has 3 atom stereocenters. The third-order valence-corrected chi connectivity index (χ3v) is 6.73. The minimum absolute atomic E-state index is 0.464. The van der Waals surface area contributed by atoms with Crippen molar-refractivity contribution >= 4 is 0 Å². The van der Waals surface area contributed by atoms with Crippen molar-refractivity contribution in [1.29, 1.82) is 0 Å². The van der Waals surface area contributed by atoms with Gasteiger partial charge in [0, 0.05) is 37.8 Å². The molecule has 4 aliphatic rings. The van der Waals surface area contributed by atoms with Crippen LogP contribution in [0.15, 0.2) is 0 Å². The molecule has 3 heteroatoms. The SMILES string of the molecule is COC1CCCC(N2CC3(CCCC3)NCC2C2CC2)C1. The summed E-state index contributed by atoms with van der Waals surface area (Å²) in [4.78, 5) is 2.95. The molecule has 0 aromatic rings. The molecule has 4 fully saturated rings. The average Bonchev–Trinajstić information content (AvgIpc) is 3.28. The van der Waals surface area contributed by atoms with E-state index < -0.39 is 0 Å². The number of ether oxygens (including phenoxy) is 1. The van der Waals surface area contributed by atoms with Gasteiger partial charge in [-0.25, -0.2) is 0 Å². The summed E-state index contributed by atoms with van der Waals surface area (Å²) in [5, 5.41) is 3.99. The Kier molecular flexibility index (Phi) is 4.01. The van der Waals surface area contributed by atoms with Gasteiger partial charge < -0.3 is 10.1 Å². The zero-order chi connectivity index (χ0) is 14.3. The van der Waals surface area contributed by atoms with Crippen LogP contribution in [0.3, 0.4) is 0 Å². The molecule has 0 aromatic heterocycles. The van der Waals surface area contributed by atoms with Gasteiger partial charge in [-0.05, 0) is 57.3 Å². The standard InChI is InChI=1S/C18H32N2O/c1-21-16-6-4-5-15(11-16)20-13-18(9-2-3-10-18)19-12-17(20)14-7-8-14/h14-17,19H,2-13H2,1H3. The van der Waals surface area contributed by atoms with Gasteiger partial charge in [0.05, 0.1) is 6.10 Å². The second-order valence-electron chi connectivity index (χ2n) is 8.12. The fourth-order valence-corrected chi connectivity index (χ4v) is 5.30. The number of hydrogen-bond acceptors (Lipinski definition) is 3. The van der Waals surface area contributed by atoms with Crippen molar-refractivity contribution in [3.05, 3.63) is 0 Å². The van der Waals surface area contributed by atoms with Crippen molar-refractivity contribution in [1.82, 2.24) is 10.2 Å². The minimum atomic E-state index is 0.464. The highest BCUT2D eigenvalue weighted by atomic mass is 16.5. The third kappa shape index (κ3) is 2.89. The van der Waals surface area contributed by atoms with E-state index in [2.05, 4.69) is 10.2 Å². The van der Waals surface area contributed by atoms with Gasteiger partial charge in [-0.3, -0.25) is 4.90 Å². The summed E-state index contributed by atoms with van der Waals surface area (Å²) in [6.07, 6.45) is 14.4. The molecule has 0 bridgehead atoms. The Morgan fingerprint density at radius 3 is 2.57 bits per heavy atom. The molecule has 0 aromatic carbocycles. The summed E-state index contributed by atoms with van der Waals surface area (Å²) < 4.78 is 5.70. The van der Waals surface area contributed by atoms with Crippen molar-refractivity contribution in [2.75, 3.05) is 20.2 Å². The second-order valence-corrected chi connectivity index (χ2v) is 8.12. The lowest BCUT2D eigenvalue weighted by molar-refractivity contribution is -0.0199. The highest BCUT2D eigenvalue weighted by Crippen LogP contribution is 2.43. The molecule has 1 N–H and O–H groups in total. The summed E-state index contributed by atoms with van der Waals surface area (Å²) in [6.45, 7) is 2.56. The van der Waals surface area contributed by atoms with Crippen molar-refractivity contribution in [3.8, 4) is 0 Å². The smallest absolute Gasteiger partial charge is 0.0586 e. The van der Waals surface area contributed by atoms with Crippen LogP contribution in [-0.2, 0) is 4.74 Å². The molecule has 3 unspecified atom stereocenters. The number of methoxy groups -OCH3 is 1. The first-order chi connectivity index (χ1) is 10.3. The van der Waals surface area contributed by atoms with E-state index in [-0.39, 0.29) is 0 Å². The molecule has 3 saturated carbocycles. The zero-order valence-corrected chi connectivity index (χ0v) is 13.7. The lowest BCUT2D eigenvalue weighted by Gasteiger charge is -2.51. The quantitative estimate of drug-likeness (QED) is 0.865. The maximum absolute atomic E-state index is 5.70. The van der Waals surface area contributed by atoms with Crippen LogP contribution in [0.4, 0.5) is 0 Å². The van der Waals surface area contributed by atoms with Crippen LogP contribution in [0.1, 0.15) is 64.2 Å². The first-order valence-electron chi connectivity index (χ1n) is 9.33. The molecule has 1 heterocycles. The third-order valence-electron chi connectivity index (χ3n) is 6.73. The summed E-state index contributed by atoms with van der Waals surface area (Å²) in [5.41, 5.74) is 0.464. The van der Waals surface area contributed by atoms with Crippen LogP contribution in [0.2, 0.25) is 0 Å². The molecule has 0 amide bonds. The summed E-state index contributed by atoms with van der Waals surface area (Å²) in [7, 11) is 1.90. The summed E-state index contributed by atoms with van der Waals surface area (Å²) in [5.74, 6) is 0.985. The van der Waals surface area contributed by atoms with Crippen molar-refractivity contribution in [2.45, 2.75) is 87.9 Å². The topological polar surface area (TPSA) is 24.5 Å². The number of hydrogen-bond donors (Lipinski definition) is 1. The Morgan fingerprint density at radius 1 is 1.05 bits per heavy atom. The van der Waals surface area contributed by atoms with E-state index in [4.69, 9.17) is 4.74 Å². The van der Waals surface area contributed by atoms with E-state index in [0.717, 1.165) is 18.0 Å². The van der Waals surface area contributed by atoms with Gasteiger partial charge in [0.15, 0.2) is 0 Å². The van der Waals surface area contributed by atoms with Crippen LogP contribution < -0.4 is 5.32 Å². The number of rotatable bonds is 3. The van der Waals surface area contributed by atoms with Gasteiger partial charge in [0.25, 0.3) is 0 Å². The zero-order valence-electron chi connectivity index (χ0n) is 13.7. The average molecular weight is 292 g/mol. The van der Waals surface area contributed by atoms with E-state index in [1.165, 1.54) is 77.3 Å². The molecule has 0 radical (unpaired) electrons. The normalized spacial score (nSPS) is 40.7. The molecule has 21 heavy (non-hydrogen) atoms. The Balaban J connectivity index is 1.50. The van der Waals surface area contributed by atoms with Crippen LogP contribution in [0.5, 0.6) is 0 Å². The lowest BCUT2D eigenvalue weighted by atomic mass is 9.85. The van der Waals surface area contributed by atoms with E-state index in [9.17, 15) is 0 Å². The Labute approximate surface area is 129 Å². The van der Waals surface area contributed by atoms with Crippen LogP contribution in [-0.4, -0.2) is 48.8 Å². The van der Waals surface area contributed by atoms with Gasteiger partial charge in [-0.1, -0.05) is 12.8 Å². The van der Waals surface area contributed by atoms with E-state index in [1.54, 1.807) is 0 Å². The largest absolute Gasteiger partial charge is 0.381 e. The molecule has 1 saturated heterocycles. The first-order valence-corrected chi connectivity index (χ1v) is 9.33. The van der Waals surface area contributed by atoms with Crippen LogP contribution in [0.25, 0.3) is 0 Å². The Morgan fingerprint density at radius 2 is 1.86 bits per heavy atom. The van der Waals surface area contributed by atoms with E-state index >= 15 is 0 Å². The number of nitrogens with zero attached hydrogens (tertiary/aromatic N) is 1. The van der Waals surface area contributed by atoms with Gasteiger partial charge >= 0.3 is 0 Å². The fourth-order valence-electron chi connectivity index (χ4n) is 5.30. The van der Waals surface area contributed by atoms with E-state index in [1.807, 2.05) is 7.11 Å². The van der Waals surface area contributed by atoms with Crippen molar-refractivity contribution in [3.63, 3.8) is 0 Å². The fraction of sp³-hybridized carbons (Fsp3) is 1.00. The van der Waals surface area contributed by atoms with E-state index in [0.29, 0.717) is 11.6 Å². The van der Waals surface area contributed by atoms with Gasteiger partial charge in [0.2, 0.25) is 0 Å². The molecule has 1 aliphatic heterocycles. The monoisotopic (exact) mass is 292 g/mol. The maximum Gasteiger partial charge on any atom is 0.0586 e. The molecule has 3 aliphatic carbocycles. The Hall–Kier alpha value is -0.120. The van der Waals surface area contributed by atoms with Crippen molar-refractivity contribution < 1.29 is 4.74 Å². The Bertz CT molecular complexity index is 362. The summed E-state index contributed by atoms with van der Waals surface area (Å²) >= 11 is 0. The molecular formula is C18H32N2O. The number of nitrogens with one attached hydrogen (secondary N) is 1. The maximum atomic E-state index is 5.70. The number of piperazine rings is 1. The summed E-state index contributed by atoms with van der Waals surface area (Å²) in [6, 6.07) is 1.60. The molecule has 120 valence electrons. The highest BCUT2D eigenvalue weighted by molar-refractivity contribution is 5.06. The van der Waals surface area contributed by atoms with Gasteiger partial charge in [-0.2, -0.15) is 0 Å². The molecular weight excluding hydrogens is 260 g/mol. The lowest BCUT2D eigenvalue weighted by Crippen LogP contribution is -2.66. The van der Waals surface area contributed by atoms with Crippen molar-refractivity contribution in [2.24, 2.45) is 5.92 Å². The van der Waals surface area contributed by atoms with Gasteiger partial charge in [0.1, 0.15) is 0 Å². The van der Waals surface area contributed by atoms with Crippen LogP contribution in [0, 0.1) is 5.92 Å². The molecule has 1 spiro atoms.